The highest BCUT2D eigenvalue weighted by molar-refractivity contribution is 5.75. The highest BCUT2D eigenvalue weighted by Crippen LogP contribution is 2.51. The van der Waals surface area contributed by atoms with E-state index >= 15 is 0 Å². The Hall–Kier alpha value is -1.07. The van der Waals surface area contributed by atoms with Crippen molar-refractivity contribution >= 4 is 5.97 Å². The molecule has 146 valence electrons. The van der Waals surface area contributed by atoms with Crippen LogP contribution >= 0.6 is 0 Å². The molecule has 1 saturated carbocycles. The van der Waals surface area contributed by atoms with Gasteiger partial charge in [0, 0.05) is 32.2 Å². The first-order chi connectivity index (χ1) is 11.4. The summed E-state index contributed by atoms with van der Waals surface area (Å²) in [5.41, 5.74) is -3.30. The molecule has 2 fully saturated rings. The molecular weight excluding hydrogens is 360 g/mol. The van der Waals surface area contributed by atoms with Gasteiger partial charge in [-0.15, -0.1) is 0 Å². The van der Waals surface area contributed by atoms with Crippen LogP contribution in [-0.4, -0.2) is 67.0 Å². The zero-order valence-corrected chi connectivity index (χ0v) is 13.4. The zero-order chi connectivity index (χ0) is 19.1. The van der Waals surface area contributed by atoms with Crippen molar-refractivity contribution in [1.29, 1.82) is 0 Å². The van der Waals surface area contributed by atoms with Crippen LogP contribution in [0.25, 0.3) is 0 Å². The molecule has 1 heterocycles. The minimum Gasteiger partial charge on any atom is -0.429 e. The van der Waals surface area contributed by atoms with Crippen LogP contribution in [0.2, 0.25) is 0 Å². The first kappa shape index (κ1) is 20.2. The molecule has 1 aliphatic heterocycles. The summed E-state index contributed by atoms with van der Waals surface area (Å²) in [4.78, 5) is 12.4. The van der Waals surface area contributed by atoms with Crippen molar-refractivity contribution in [3.8, 4) is 0 Å². The van der Waals surface area contributed by atoms with Crippen molar-refractivity contribution in [3.63, 3.8) is 0 Å². The molecule has 0 bridgehead atoms. The van der Waals surface area contributed by atoms with Crippen LogP contribution in [0.3, 0.4) is 0 Å². The summed E-state index contributed by atoms with van der Waals surface area (Å²) < 4.78 is 84.7. The van der Waals surface area contributed by atoms with Gasteiger partial charge >= 0.3 is 18.3 Å². The fourth-order valence-electron chi connectivity index (χ4n) is 3.06. The van der Waals surface area contributed by atoms with Crippen molar-refractivity contribution in [2.75, 3.05) is 26.7 Å². The van der Waals surface area contributed by atoms with Gasteiger partial charge in [0.25, 0.3) is 0 Å². The van der Waals surface area contributed by atoms with E-state index in [0.29, 0.717) is 12.8 Å². The number of carbonyl (C=O) groups is 1. The van der Waals surface area contributed by atoms with Crippen LogP contribution in [0.4, 0.5) is 26.3 Å². The van der Waals surface area contributed by atoms with Crippen molar-refractivity contribution in [1.82, 2.24) is 4.90 Å². The second-order valence-corrected chi connectivity index (χ2v) is 6.59. The highest BCUT2D eigenvalue weighted by atomic mass is 19.4. The van der Waals surface area contributed by atoms with E-state index in [0.717, 1.165) is 7.11 Å². The third-order valence-electron chi connectivity index (χ3n) is 4.98. The molecule has 25 heavy (non-hydrogen) atoms. The van der Waals surface area contributed by atoms with Crippen molar-refractivity contribution in [2.45, 2.75) is 49.9 Å². The molecule has 11 heteroatoms. The van der Waals surface area contributed by atoms with E-state index in [1.54, 1.807) is 4.90 Å². The average molecular weight is 379 g/mol. The smallest absolute Gasteiger partial charge is 0.429 e. The highest BCUT2D eigenvalue weighted by Gasteiger charge is 2.58. The largest absolute Gasteiger partial charge is 0.491 e. The molecule has 2 aliphatic rings. The number of ether oxygens (including phenoxy) is 2. The Morgan fingerprint density at radius 1 is 1.12 bits per heavy atom. The summed E-state index contributed by atoms with van der Waals surface area (Å²) in [5.74, 6) is -2.49. The summed E-state index contributed by atoms with van der Waals surface area (Å²) in [6.07, 6.45) is -11.7. The molecular formula is C14H19F6NO4. The Morgan fingerprint density at radius 3 is 2.00 bits per heavy atom. The van der Waals surface area contributed by atoms with Gasteiger partial charge in [-0.1, -0.05) is 0 Å². The summed E-state index contributed by atoms with van der Waals surface area (Å²) in [7, 11) is 0.992. The van der Waals surface area contributed by atoms with Crippen LogP contribution in [0.15, 0.2) is 0 Å². The van der Waals surface area contributed by atoms with E-state index in [9.17, 15) is 36.2 Å². The maximum absolute atomic E-state index is 13.1. The topological polar surface area (TPSA) is 59.0 Å². The third kappa shape index (κ3) is 4.20. The fourth-order valence-corrected chi connectivity index (χ4v) is 3.06. The lowest BCUT2D eigenvalue weighted by Crippen LogP contribution is -2.55. The number of hydrogen-bond acceptors (Lipinski definition) is 5. The van der Waals surface area contributed by atoms with Gasteiger partial charge in [-0.3, -0.25) is 0 Å². The Labute approximate surface area is 139 Å². The average Bonchev–Trinajstić information content (AvgIpc) is 3.27. The molecule has 1 N–H and O–H groups in total. The predicted octanol–water partition coefficient (Wildman–Crippen LogP) is 2.23. The molecule has 0 radical (unpaired) electrons. The molecule has 0 aromatic carbocycles. The number of aliphatic hydroxyl groups excluding tert-OH is 1. The minimum absolute atomic E-state index is 0.00897. The molecule has 5 nitrogen and oxygen atoms in total. The van der Waals surface area contributed by atoms with E-state index in [4.69, 9.17) is 0 Å². The van der Waals surface area contributed by atoms with Crippen LogP contribution in [0.1, 0.15) is 25.7 Å². The molecule has 1 unspecified atom stereocenters. The van der Waals surface area contributed by atoms with Crippen LogP contribution < -0.4 is 0 Å². The Bertz CT molecular complexity index is 495. The lowest BCUT2D eigenvalue weighted by molar-refractivity contribution is -0.283. The Kier molecular flexibility index (Phi) is 5.33. The maximum Gasteiger partial charge on any atom is 0.491 e. The van der Waals surface area contributed by atoms with Gasteiger partial charge in [0.15, 0.2) is 5.60 Å². The number of nitrogens with zero attached hydrogens (tertiary/aromatic N) is 1. The van der Waals surface area contributed by atoms with Gasteiger partial charge in [0.2, 0.25) is 6.29 Å². The number of alkyl halides is 6. The number of aliphatic hydroxyl groups is 1. The second-order valence-electron chi connectivity index (χ2n) is 6.59. The van der Waals surface area contributed by atoms with Gasteiger partial charge in [0.1, 0.15) is 0 Å². The summed E-state index contributed by atoms with van der Waals surface area (Å²) in [6.45, 7) is 0.0705. The lowest BCUT2D eigenvalue weighted by atomic mass is 9.89. The van der Waals surface area contributed by atoms with Crippen molar-refractivity contribution < 1.29 is 45.7 Å². The number of rotatable bonds is 5. The van der Waals surface area contributed by atoms with E-state index in [2.05, 4.69) is 9.47 Å². The van der Waals surface area contributed by atoms with E-state index < -0.39 is 35.6 Å². The number of methoxy groups -OCH3 is 1. The number of hydrogen-bond donors (Lipinski definition) is 1. The maximum atomic E-state index is 13.1. The molecule has 1 aliphatic carbocycles. The number of piperidine rings is 1. The fraction of sp³-hybridized carbons (Fsp3) is 0.929. The molecule has 0 aromatic rings. The molecule has 2 rings (SSSR count). The molecule has 0 amide bonds. The number of likely N-dealkylation sites (tertiary alicyclic amines) is 1. The van der Waals surface area contributed by atoms with Gasteiger partial charge in [0.05, 0.1) is 0 Å². The molecule has 0 spiro atoms. The van der Waals surface area contributed by atoms with Gasteiger partial charge in [-0.05, 0) is 25.7 Å². The molecule has 1 atom stereocenters. The third-order valence-corrected chi connectivity index (χ3v) is 4.98. The Morgan fingerprint density at radius 2 is 1.64 bits per heavy atom. The van der Waals surface area contributed by atoms with Crippen LogP contribution in [-0.2, 0) is 14.3 Å². The molecule has 0 aromatic heterocycles. The first-order valence-electron chi connectivity index (χ1n) is 7.65. The summed E-state index contributed by atoms with van der Waals surface area (Å²) in [5, 5.41) is 9.81. The Balaban J connectivity index is 1.92. The number of esters is 1. The van der Waals surface area contributed by atoms with Gasteiger partial charge < -0.3 is 19.5 Å². The van der Waals surface area contributed by atoms with Gasteiger partial charge in [-0.2, -0.15) is 26.3 Å². The monoisotopic (exact) mass is 379 g/mol. The minimum atomic E-state index is -5.22. The quantitative estimate of drug-likeness (QED) is 0.451. The van der Waals surface area contributed by atoms with Crippen molar-refractivity contribution in [3.05, 3.63) is 0 Å². The van der Waals surface area contributed by atoms with Crippen LogP contribution in [0.5, 0.6) is 0 Å². The van der Waals surface area contributed by atoms with E-state index in [1.807, 2.05) is 0 Å². The van der Waals surface area contributed by atoms with Gasteiger partial charge in [-0.25, -0.2) is 4.79 Å². The van der Waals surface area contributed by atoms with Crippen LogP contribution in [0, 0.1) is 5.41 Å². The van der Waals surface area contributed by atoms with E-state index in [1.165, 1.54) is 0 Å². The normalized spacial score (nSPS) is 24.6. The van der Waals surface area contributed by atoms with E-state index in [-0.39, 0.29) is 32.5 Å². The SMILES string of the molecule is COC1(C(F)(F)F)CCN(CC2(C(O)OC(=O)C(F)(F)F)CC2)CC1. The number of carbonyl (C=O) groups excluding carboxylic acids is 1. The predicted molar refractivity (Wildman–Crippen MR) is 71.3 cm³/mol. The lowest BCUT2D eigenvalue weighted by Gasteiger charge is -2.42. The standard InChI is InChI=1S/C14H19F6NO4/c1-24-12(14(18,19)20)4-6-21(7-5-12)8-11(2-3-11)9(22)25-10(23)13(15,16)17/h9,22H,2-8H2,1H3. The number of halogens is 6. The zero-order valence-electron chi connectivity index (χ0n) is 13.4. The first-order valence-corrected chi connectivity index (χ1v) is 7.65. The molecule has 1 saturated heterocycles. The second kappa shape index (κ2) is 6.58. The van der Waals surface area contributed by atoms with Crippen molar-refractivity contribution in [2.24, 2.45) is 5.41 Å². The summed E-state index contributed by atoms with van der Waals surface area (Å²) in [6, 6.07) is 0. The summed E-state index contributed by atoms with van der Waals surface area (Å²) >= 11 is 0.